The third-order valence-electron chi connectivity index (χ3n) is 2.03. The Morgan fingerprint density at radius 3 is 2.44 bits per heavy atom. The maximum absolute atomic E-state index is 11.1. The van der Waals surface area contributed by atoms with Gasteiger partial charge in [0.1, 0.15) is 5.75 Å². The molecule has 0 aliphatic heterocycles. The van der Waals surface area contributed by atoms with Gasteiger partial charge in [-0.25, -0.2) is 4.79 Å². The first kappa shape index (κ1) is 16.3. The Morgan fingerprint density at radius 2 is 2.00 bits per heavy atom. The molecule has 1 amide bonds. The molecule has 100 valence electrons. The normalized spacial score (nSPS) is 8.89. The van der Waals surface area contributed by atoms with E-state index in [1.807, 2.05) is 0 Å². The van der Waals surface area contributed by atoms with Crippen LogP contribution in [0.25, 0.3) is 0 Å². The number of carbonyl (C=O) groups excluding carboxylic acids is 2. The van der Waals surface area contributed by atoms with Crippen molar-refractivity contribution in [3.63, 3.8) is 0 Å². The van der Waals surface area contributed by atoms with Crippen LogP contribution in [0.1, 0.15) is 22.8 Å². The number of thiol groups is 1. The number of carbonyl (C=O) groups is 2. The lowest BCUT2D eigenvalue weighted by Gasteiger charge is -2.06. The first-order valence-electron chi connectivity index (χ1n) is 5.14. The van der Waals surface area contributed by atoms with E-state index in [1.165, 1.54) is 26.2 Å². The summed E-state index contributed by atoms with van der Waals surface area (Å²) in [7, 11) is 1.27. The second-order valence-electron chi connectivity index (χ2n) is 3.24. The van der Waals surface area contributed by atoms with Gasteiger partial charge in [0.15, 0.2) is 0 Å². The highest BCUT2D eigenvalue weighted by molar-refractivity contribution is 7.79. The topological polar surface area (TPSA) is 75.6 Å². The summed E-state index contributed by atoms with van der Waals surface area (Å²) in [5, 5.41) is 12.1. The second-order valence-corrected chi connectivity index (χ2v) is 3.24. The number of benzene rings is 1. The number of hydrogen-bond donors (Lipinski definition) is 3. The van der Waals surface area contributed by atoms with Crippen LogP contribution in [0.3, 0.4) is 0 Å². The summed E-state index contributed by atoms with van der Waals surface area (Å²) < 4.78 is 4.51. The number of hydrogen-bond acceptors (Lipinski definition) is 5. The molecule has 0 heterocycles. The summed E-state index contributed by atoms with van der Waals surface area (Å²) in [4.78, 5) is 21.8. The maximum atomic E-state index is 11.1. The van der Waals surface area contributed by atoms with Gasteiger partial charge in [-0.3, -0.25) is 4.79 Å². The quantitative estimate of drug-likeness (QED) is 0.573. The average Bonchev–Trinajstić information content (AvgIpc) is 2.38. The van der Waals surface area contributed by atoms with Crippen molar-refractivity contribution in [2.24, 2.45) is 0 Å². The molecular weight excluding hydrogens is 254 g/mol. The van der Waals surface area contributed by atoms with Crippen molar-refractivity contribution in [2.45, 2.75) is 13.5 Å². The zero-order chi connectivity index (χ0) is 14.1. The fourth-order valence-electron chi connectivity index (χ4n) is 1.18. The smallest absolute Gasteiger partial charge is 0.337 e. The molecule has 1 rings (SSSR count). The van der Waals surface area contributed by atoms with Crippen LogP contribution in [0, 0.1) is 0 Å². The standard InChI is InChI=1S/C11H13NO4.CH4S/c1-7(13)12-6-9-4-3-8(5-10(9)14)11(15)16-2;1-2/h3-5,14H,6H2,1-2H3,(H,12,13);2H,1H3. The van der Waals surface area contributed by atoms with Gasteiger partial charge in [0, 0.05) is 19.0 Å². The molecule has 5 nitrogen and oxygen atoms in total. The molecule has 0 fully saturated rings. The summed E-state index contributed by atoms with van der Waals surface area (Å²) >= 11 is 3.53. The lowest BCUT2D eigenvalue weighted by molar-refractivity contribution is -0.119. The zero-order valence-corrected chi connectivity index (χ0v) is 11.5. The van der Waals surface area contributed by atoms with E-state index in [4.69, 9.17) is 0 Å². The van der Waals surface area contributed by atoms with E-state index in [1.54, 1.807) is 12.3 Å². The molecule has 0 spiro atoms. The first-order chi connectivity index (χ1) is 8.54. The van der Waals surface area contributed by atoms with Crippen molar-refractivity contribution >= 4 is 24.5 Å². The third kappa shape index (κ3) is 5.09. The van der Waals surface area contributed by atoms with Gasteiger partial charge >= 0.3 is 5.97 Å². The molecule has 0 atom stereocenters. The summed E-state index contributed by atoms with van der Waals surface area (Å²) in [6.45, 7) is 1.61. The third-order valence-corrected chi connectivity index (χ3v) is 2.03. The van der Waals surface area contributed by atoms with Crippen LogP contribution in [0.2, 0.25) is 0 Å². The van der Waals surface area contributed by atoms with E-state index < -0.39 is 5.97 Å². The van der Waals surface area contributed by atoms with Gasteiger partial charge in [-0.1, -0.05) is 6.07 Å². The van der Waals surface area contributed by atoms with Crippen LogP contribution in [0.5, 0.6) is 5.75 Å². The average molecular weight is 271 g/mol. The Morgan fingerprint density at radius 1 is 1.39 bits per heavy atom. The zero-order valence-electron chi connectivity index (χ0n) is 10.6. The van der Waals surface area contributed by atoms with E-state index >= 15 is 0 Å². The molecule has 0 aromatic heterocycles. The second kappa shape index (κ2) is 8.41. The molecule has 1 aromatic carbocycles. The van der Waals surface area contributed by atoms with Gasteiger partial charge in [-0.2, -0.15) is 12.6 Å². The van der Waals surface area contributed by atoms with Crippen LogP contribution in [-0.2, 0) is 16.1 Å². The fraction of sp³-hybridized carbons (Fsp3) is 0.333. The van der Waals surface area contributed by atoms with Crippen LogP contribution in [-0.4, -0.2) is 30.3 Å². The molecule has 0 radical (unpaired) electrons. The minimum Gasteiger partial charge on any atom is -0.508 e. The number of esters is 1. The number of aromatic hydroxyl groups is 1. The number of ether oxygens (including phenoxy) is 1. The molecule has 1 aromatic rings. The lowest BCUT2D eigenvalue weighted by Crippen LogP contribution is -2.19. The van der Waals surface area contributed by atoms with Gasteiger partial charge in [-0.15, -0.1) is 0 Å². The Balaban J connectivity index is 0.00000137. The minimum absolute atomic E-state index is 0.0448. The van der Waals surface area contributed by atoms with Crippen LogP contribution >= 0.6 is 12.6 Å². The Labute approximate surface area is 112 Å². The highest BCUT2D eigenvalue weighted by Crippen LogP contribution is 2.19. The number of amides is 1. The molecule has 0 unspecified atom stereocenters. The Bertz CT molecular complexity index is 421. The number of phenolic OH excluding ortho intramolecular Hbond substituents is 1. The molecule has 0 aliphatic rings. The molecule has 0 saturated heterocycles. The SMILES string of the molecule is COC(=O)c1ccc(CNC(C)=O)c(O)c1.CS. The molecule has 0 aliphatic carbocycles. The van der Waals surface area contributed by atoms with E-state index in [9.17, 15) is 14.7 Å². The Kier molecular flexibility index (Phi) is 7.62. The van der Waals surface area contributed by atoms with E-state index in [2.05, 4.69) is 22.7 Å². The molecule has 0 bridgehead atoms. The number of methoxy groups -OCH3 is 1. The van der Waals surface area contributed by atoms with Gasteiger partial charge < -0.3 is 15.2 Å². The molecule has 0 saturated carbocycles. The largest absolute Gasteiger partial charge is 0.508 e. The van der Waals surface area contributed by atoms with Crippen molar-refractivity contribution < 1.29 is 19.4 Å². The van der Waals surface area contributed by atoms with Crippen molar-refractivity contribution in [1.82, 2.24) is 5.32 Å². The Hall–Kier alpha value is -1.69. The highest BCUT2D eigenvalue weighted by Gasteiger charge is 2.09. The molecule has 2 N–H and O–H groups in total. The van der Waals surface area contributed by atoms with Crippen LogP contribution < -0.4 is 5.32 Å². The van der Waals surface area contributed by atoms with Crippen molar-refractivity contribution in [3.05, 3.63) is 29.3 Å². The first-order valence-corrected chi connectivity index (χ1v) is 6.03. The van der Waals surface area contributed by atoms with E-state index in [0.29, 0.717) is 5.56 Å². The van der Waals surface area contributed by atoms with E-state index in [-0.39, 0.29) is 23.8 Å². The molecular formula is C12H17NO4S. The summed E-state index contributed by atoms with van der Waals surface area (Å²) in [6.07, 6.45) is 1.69. The van der Waals surface area contributed by atoms with E-state index in [0.717, 1.165) is 0 Å². The summed E-state index contributed by atoms with van der Waals surface area (Å²) in [6, 6.07) is 4.41. The maximum Gasteiger partial charge on any atom is 0.337 e. The summed E-state index contributed by atoms with van der Waals surface area (Å²) in [5.74, 6) is -0.741. The number of rotatable bonds is 3. The van der Waals surface area contributed by atoms with Crippen molar-refractivity contribution in [1.29, 1.82) is 0 Å². The van der Waals surface area contributed by atoms with Gasteiger partial charge in [0.05, 0.1) is 12.7 Å². The predicted octanol–water partition coefficient (Wildman–Crippen LogP) is 1.36. The van der Waals surface area contributed by atoms with Gasteiger partial charge in [0.2, 0.25) is 5.91 Å². The van der Waals surface area contributed by atoms with Crippen molar-refractivity contribution in [3.8, 4) is 5.75 Å². The molecule has 18 heavy (non-hydrogen) atoms. The fourth-order valence-corrected chi connectivity index (χ4v) is 1.18. The highest BCUT2D eigenvalue weighted by atomic mass is 32.1. The van der Waals surface area contributed by atoms with Crippen LogP contribution in [0.15, 0.2) is 18.2 Å². The predicted molar refractivity (Wildman–Crippen MR) is 71.9 cm³/mol. The molecule has 6 heteroatoms. The van der Waals surface area contributed by atoms with Gasteiger partial charge in [-0.05, 0) is 18.4 Å². The number of nitrogens with one attached hydrogen (secondary N) is 1. The summed E-state index contributed by atoms with van der Waals surface area (Å²) in [5.41, 5.74) is 0.814. The van der Waals surface area contributed by atoms with Crippen LogP contribution in [0.4, 0.5) is 0 Å². The number of phenols is 1. The minimum atomic E-state index is -0.513. The monoisotopic (exact) mass is 271 g/mol. The lowest BCUT2D eigenvalue weighted by atomic mass is 10.1. The van der Waals surface area contributed by atoms with Crippen molar-refractivity contribution in [2.75, 3.05) is 13.4 Å². The van der Waals surface area contributed by atoms with Gasteiger partial charge in [0.25, 0.3) is 0 Å².